The first-order valence-electron chi connectivity index (χ1n) is 11.8. The van der Waals surface area contributed by atoms with Crippen LogP contribution in [0.5, 0.6) is 11.5 Å². The number of methoxy groups -OCH3 is 2. The Morgan fingerprint density at radius 2 is 1.26 bits per heavy atom. The number of aromatic nitrogens is 2. The van der Waals surface area contributed by atoms with Crippen molar-refractivity contribution in [3.8, 4) is 11.5 Å². The second kappa shape index (κ2) is 9.87. The van der Waals surface area contributed by atoms with Crippen molar-refractivity contribution >= 4 is 18.5 Å². The molecular formula is C27H34BN3O4. The van der Waals surface area contributed by atoms with E-state index >= 15 is 0 Å². The third-order valence-corrected chi connectivity index (χ3v) is 6.86. The lowest BCUT2D eigenvalue weighted by molar-refractivity contribution is 0.00578. The zero-order valence-corrected chi connectivity index (χ0v) is 21.7. The van der Waals surface area contributed by atoms with Gasteiger partial charge in [-0.1, -0.05) is 24.3 Å². The summed E-state index contributed by atoms with van der Waals surface area (Å²) < 4.78 is 23.1. The predicted molar refractivity (Wildman–Crippen MR) is 138 cm³/mol. The fourth-order valence-corrected chi connectivity index (χ4v) is 3.92. The second-order valence-corrected chi connectivity index (χ2v) is 9.85. The number of hydrogen-bond donors (Lipinski definition) is 0. The molecule has 2 heterocycles. The van der Waals surface area contributed by atoms with E-state index in [4.69, 9.17) is 28.8 Å². The third kappa shape index (κ3) is 5.44. The van der Waals surface area contributed by atoms with E-state index in [9.17, 15) is 0 Å². The maximum absolute atomic E-state index is 6.23. The van der Waals surface area contributed by atoms with Crippen LogP contribution in [-0.2, 0) is 22.4 Å². The molecule has 0 unspecified atom stereocenters. The number of ether oxygens (including phenoxy) is 2. The summed E-state index contributed by atoms with van der Waals surface area (Å²) in [6, 6.07) is 16.1. The van der Waals surface area contributed by atoms with E-state index in [2.05, 4.69) is 29.2 Å². The van der Waals surface area contributed by atoms with E-state index in [0.717, 1.165) is 33.8 Å². The van der Waals surface area contributed by atoms with Crippen LogP contribution in [0, 0.1) is 6.92 Å². The van der Waals surface area contributed by atoms with E-state index in [-0.39, 0.29) is 0 Å². The number of hydrogen-bond acceptors (Lipinski definition) is 7. The minimum absolute atomic E-state index is 0.419. The van der Waals surface area contributed by atoms with Crippen LogP contribution in [0.25, 0.3) is 0 Å². The van der Waals surface area contributed by atoms with Crippen molar-refractivity contribution in [3.63, 3.8) is 0 Å². The molecule has 1 aromatic heterocycles. The topological polar surface area (TPSA) is 65.9 Å². The lowest BCUT2D eigenvalue weighted by Gasteiger charge is -2.32. The smallest absolute Gasteiger partial charge is 0.497 e. The highest BCUT2D eigenvalue weighted by Crippen LogP contribution is 2.36. The lowest BCUT2D eigenvalue weighted by Crippen LogP contribution is -2.41. The summed E-state index contributed by atoms with van der Waals surface area (Å²) in [6.45, 7) is 11.4. The molecule has 2 aromatic carbocycles. The molecule has 0 bridgehead atoms. The van der Waals surface area contributed by atoms with Crippen LogP contribution in [0.3, 0.4) is 0 Å². The van der Waals surface area contributed by atoms with E-state index in [1.165, 1.54) is 0 Å². The fraction of sp³-hybridized carbons (Fsp3) is 0.407. The Balaban J connectivity index is 1.62. The number of rotatable bonds is 8. The Hall–Kier alpha value is -3.10. The van der Waals surface area contributed by atoms with Gasteiger partial charge < -0.3 is 23.7 Å². The van der Waals surface area contributed by atoms with E-state index in [1.807, 2.05) is 65.1 Å². The summed E-state index contributed by atoms with van der Waals surface area (Å²) in [7, 11) is 2.84. The Bertz CT molecular complexity index is 1080. The molecule has 4 rings (SSSR count). The minimum atomic E-state index is -0.495. The molecule has 0 amide bonds. The third-order valence-electron chi connectivity index (χ3n) is 6.86. The number of nitrogens with zero attached hydrogens (tertiary/aromatic N) is 3. The molecule has 8 heteroatoms. The normalized spacial score (nSPS) is 16.3. The van der Waals surface area contributed by atoms with Crippen molar-refractivity contribution in [3.05, 3.63) is 71.5 Å². The van der Waals surface area contributed by atoms with Crippen molar-refractivity contribution in [2.75, 3.05) is 19.1 Å². The van der Waals surface area contributed by atoms with Gasteiger partial charge in [0.15, 0.2) is 0 Å². The predicted octanol–water partition coefficient (Wildman–Crippen LogP) is 4.31. The maximum atomic E-state index is 6.23. The molecule has 1 fully saturated rings. The second-order valence-electron chi connectivity index (χ2n) is 9.85. The first kappa shape index (κ1) is 25.0. The Labute approximate surface area is 208 Å². The van der Waals surface area contributed by atoms with Crippen molar-refractivity contribution in [1.82, 2.24) is 9.97 Å². The summed E-state index contributed by atoms with van der Waals surface area (Å²) in [5, 5.41) is 0. The van der Waals surface area contributed by atoms with Crippen molar-refractivity contribution in [2.45, 2.75) is 58.9 Å². The molecule has 35 heavy (non-hydrogen) atoms. The zero-order chi connectivity index (χ0) is 25.2. The minimum Gasteiger partial charge on any atom is -0.497 e. The van der Waals surface area contributed by atoms with Gasteiger partial charge in [0.1, 0.15) is 11.5 Å². The highest BCUT2D eigenvalue weighted by molar-refractivity contribution is 6.62. The Morgan fingerprint density at radius 3 is 1.66 bits per heavy atom. The van der Waals surface area contributed by atoms with Crippen LogP contribution in [0.4, 0.5) is 5.95 Å². The molecule has 0 radical (unpaired) electrons. The van der Waals surface area contributed by atoms with Gasteiger partial charge in [-0.15, -0.1) is 0 Å². The Kier molecular flexibility index (Phi) is 7.06. The molecule has 184 valence electrons. The van der Waals surface area contributed by atoms with Crippen LogP contribution >= 0.6 is 0 Å². The van der Waals surface area contributed by atoms with Crippen LogP contribution in [0.15, 0.2) is 54.7 Å². The highest BCUT2D eigenvalue weighted by Gasteiger charge is 2.52. The van der Waals surface area contributed by atoms with Gasteiger partial charge in [-0.3, -0.25) is 0 Å². The first-order chi connectivity index (χ1) is 16.6. The summed E-state index contributed by atoms with van der Waals surface area (Å²) >= 11 is 0. The van der Waals surface area contributed by atoms with E-state index in [0.29, 0.717) is 19.0 Å². The number of anilines is 1. The van der Waals surface area contributed by atoms with Gasteiger partial charge in [-0.25, -0.2) is 9.97 Å². The van der Waals surface area contributed by atoms with Gasteiger partial charge in [0.2, 0.25) is 5.95 Å². The van der Waals surface area contributed by atoms with Gasteiger partial charge in [0, 0.05) is 30.4 Å². The summed E-state index contributed by atoms with van der Waals surface area (Å²) in [6.07, 6.45) is 1.83. The lowest BCUT2D eigenvalue weighted by atomic mass is 9.79. The van der Waals surface area contributed by atoms with Crippen LogP contribution in [-0.4, -0.2) is 42.5 Å². The van der Waals surface area contributed by atoms with Gasteiger partial charge in [0.05, 0.1) is 25.4 Å². The number of aryl methyl sites for hydroxylation is 1. The fourth-order valence-electron chi connectivity index (χ4n) is 3.92. The highest BCUT2D eigenvalue weighted by atomic mass is 16.7. The van der Waals surface area contributed by atoms with Gasteiger partial charge in [-0.2, -0.15) is 0 Å². The van der Waals surface area contributed by atoms with Crippen LogP contribution in [0.2, 0.25) is 0 Å². The van der Waals surface area contributed by atoms with E-state index < -0.39 is 18.3 Å². The molecule has 0 atom stereocenters. The summed E-state index contributed by atoms with van der Waals surface area (Å²) in [4.78, 5) is 11.8. The van der Waals surface area contributed by atoms with Gasteiger partial charge in [0.25, 0.3) is 0 Å². The molecule has 1 aliphatic rings. The van der Waals surface area contributed by atoms with Crippen LogP contribution in [0.1, 0.15) is 44.5 Å². The van der Waals surface area contributed by atoms with E-state index in [1.54, 1.807) is 14.2 Å². The summed E-state index contributed by atoms with van der Waals surface area (Å²) in [5.74, 6) is 2.30. The monoisotopic (exact) mass is 475 g/mol. The maximum Gasteiger partial charge on any atom is 0.498 e. The molecule has 7 nitrogen and oxygen atoms in total. The van der Waals surface area contributed by atoms with Gasteiger partial charge >= 0.3 is 7.12 Å². The largest absolute Gasteiger partial charge is 0.498 e. The number of benzene rings is 2. The average Bonchev–Trinajstić information content (AvgIpc) is 3.05. The van der Waals surface area contributed by atoms with Gasteiger partial charge in [-0.05, 0) is 70.0 Å². The van der Waals surface area contributed by atoms with Crippen molar-refractivity contribution in [2.24, 2.45) is 0 Å². The summed E-state index contributed by atoms with van der Waals surface area (Å²) in [5.41, 5.74) is 3.12. The molecule has 0 N–H and O–H groups in total. The molecule has 0 saturated carbocycles. The average molecular weight is 475 g/mol. The quantitative estimate of drug-likeness (QED) is 0.450. The molecule has 0 spiro atoms. The molecule has 1 aliphatic heterocycles. The standard InChI is InChI=1S/C27H34BN3O4/c1-19-24(28-34-26(2,3)27(4,5)35-28)16-29-25(30-19)31(17-20-8-12-22(32-6)13-9-20)18-21-10-14-23(33-7)15-11-21/h8-16H,17-18H2,1-7H3. The van der Waals surface area contributed by atoms with Crippen LogP contribution < -0.4 is 19.8 Å². The molecular weight excluding hydrogens is 441 g/mol. The van der Waals surface area contributed by atoms with Crippen molar-refractivity contribution < 1.29 is 18.8 Å². The molecule has 0 aliphatic carbocycles. The first-order valence-corrected chi connectivity index (χ1v) is 11.8. The SMILES string of the molecule is COc1ccc(CN(Cc2ccc(OC)cc2)c2ncc(B3OC(C)(C)C(C)(C)O3)c(C)n2)cc1. The zero-order valence-electron chi connectivity index (χ0n) is 21.7. The van der Waals surface area contributed by atoms with Crippen molar-refractivity contribution in [1.29, 1.82) is 0 Å². The molecule has 1 saturated heterocycles. The molecule has 3 aromatic rings. The Morgan fingerprint density at radius 1 is 0.800 bits per heavy atom.